The number of carbonyl (C=O) groups is 1. The summed E-state index contributed by atoms with van der Waals surface area (Å²) in [5.74, 6) is -0.535. The molecule has 0 saturated heterocycles. The van der Waals surface area contributed by atoms with E-state index >= 15 is 0 Å². The van der Waals surface area contributed by atoms with E-state index in [0.717, 1.165) is 0 Å². The van der Waals surface area contributed by atoms with Crippen molar-refractivity contribution in [3.05, 3.63) is 66.1 Å². The number of nitrogens with one attached hydrogen (secondary N) is 1. The van der Waals surface area contributed by atoms with Crippen LogP contribution in [0.3, 0.4) is 0 Å². The molecule has 0 atom stereocenters. The quantitative estimate of drug-likeness (QED) is 0.648. The van der Waals surface area contributed by atoms with Crippen molar-refractivity contribution in [3.63, 3.8) is 0 Å². The molecule has 3 N–H and O–H groups in total. The molecule has 116 valence electrons. The van der Waals surface area contributed by atoms with E-state index in [1.165, 1.54) is 6.33 Å². The van der Waals surface area contributed by atoms with Crippen molar-refractivity contribution in [1.82, 2.24) is 9.97 Å². The van der Waals surface area contributed by atoms with Crippen LogP contribution in [0, 0.1) is 0 Å². The number of aromatic nitrogens is 2. The van der Waals surface area contributed by atoms with E-state index in [1.54, 1.807) is 31.5 Å². The molecule has 0 unspecified atom stereocenters. The summed E-state index contributed by atoms with van der Waals surface area (Å²) in [4.78, 5) is 28.1. The van der Waals surface area contributed by atoms with Crippen LogP contribution in [0.4, 0.5) is 5.69 Å². The monoisotopic (exact) mass is 308 g/mol. The lowest BCUT2D eigenvalue weighted by atomic mass is 10.2. The van der Waals surface area contributed by atoms with Crippen LogP contribution in [0.15, 0.2) is 70.6 Å². The van der Waals surface area contributed by atoms with Crippen LogP contribution in [0.5, 0.6) is 0 Å². The maximum Gasteiger partial charge on any atom is 0.278 e. The fourth-order valence-electron chi connectivity index (χ4n) is 1.73. The highest BCUT2D eigenvalue weighted by molar-refractivity contribution is 6.08. The van der Waals surface area contributed by atoms with Gasteiger partial charge in [0.05, 0.1) is 0 Å². The standard InChI is InChI=1S/C16H16N6O/c1-11(12-8-19-10-20-9-12)21-14(15(17)18-2)16(23)22-13-6-4-3-5-7-13/h3-10H,2,17H2,1H3,(H,22,23)/b15-14-,21-11+. The molecule has 7 nitrogen and oxygen atoms in total. The van der Waals surface area contributed by atoms with Gasteiger partial charge in [-0.1, -0.05) is 18.2 Å². The molecular weight excluding hydrogens is 292 g/mol. The minimum absolute atomic E-state index is 0.0230. The van der Waals surface area contributed by atoms with Gasteiger partial charge in [-0.05, 0) is 25.8 Å². The summed E-state index contributed by atoms with van der Waals surface area (Å²) in [6, 6.07) is 8.99. The Balaban J connectivity index is 2.32. The summed E-state index contributed by atoms with van der Waals surface area (Å²) in [6.45, 7) is 5.07. The average molecular weight is 308 g/mol. The normalized spacial score (nSPS) is 12.3. The number of amides is 1. The molecule has 1 aromatic carbocycles. The van der Waals surface area contributed by atoms with Crippen molar-refractivity contribution in [2.75, 3.05) is 5.32 Å². The van der Waals surface area contributed by atoms with E-state index in [-0.39, 0.29) is 11.5 Å². The van der Waals surface area contributed by atoms with Crippen LogP contribution >= 0.6 is 0 Å². The van der Waals surface area contributed by atoms with Crippen molar-refractivity contribution < 1.29 is 4.79 Å². The zero-order valence-corrected chi connectivity index (χ0v) is 12.6. The van der Waals surface area contributed by atoms with Gasteiger partial charge >= 0.3 is 0 Å². The van der Waals surface area contributed by atoms with Gasteiger partial charge in [-0.2, -0.15) is 0 Å². The first kappa shape index (κ1) is 16.0. The number of nitrogens with two attached hydrogens (primary N) is 1. The molecule has 23 heavy (non-hydrogen) atoms. The lowest BCUT2D eigenvalue weighted by molar-refractivity contribution is -0.112. The number of aliphatic imine (C=N–C) groups is 2. The number of benzene rings is 1. The van der Waals surface area contributed by atoms with Crippen molar-refractivity contribution >= 4 is 24.0 Å². The summed E-state index contributed by atoms with van der Waals surface area (Å²) < 4.78 is 0. The Morgan fingerprint density at radius 3 is 2.48 bits per heavy atom. The number of anilines is 1. The zero-order chi connectivity index (χ0) is 16.7. The van der Waals surface area contributed by atoms with Gasteiger partial charge in [0.2, 0.25) is 0 Å². The van der Waals surface area contributed by atoms with Crippen LogP contribution in [-0.4, -0.2) is 28.3 Å². The lowest BCUT2D eigenvalue weighted by Crippen LogP contribution is -2.18. The topological polar surface area (TPSA) is 106 Å². The third kappa shape index (κ3) is 4.31. The van der Waals surface area contributed by atoms with Gasteiger partial charge in [0, 0.05) is 29.4 Å². The summed E-state index contributed by atoms with van der Waals surface area (Å²) in [7, 11) is 0. The predicted octanol–water partition coefficient (Wildman–Crippen LogP) is 1.75. The van der Waals surface area contributed by atoms with Gasteiger partial charge in [0.15, 0.2) is 11.5 Å². The Kier molecular flexibility index (Phi) is 5.30. The van der Waals surface area contributed by atoms with Crippen LogP contribution < -0.4 is 11.1 Å². The third-order valence-corrected chi connectivity index (χ3v) is 2.92. The molecule has 7 heteroatoms. The van der Waals surface area contributed by atoms with Gasteiger partial charge in [-0.15, -0.1) is 0 Å². The average Bonchev–Trinajstić information content (AvgIpc) is 2.60. The van der Waals surface area contributed by atoms with E-state index in [4.69, 9.17) is 5.73 Å². The number of nitrogens with zero attached hydrogens (tertiary/aromatic N) is 4. The molecule has 2 rings (SSSR count). The first-order valence-electron chi connectivity index (χ1n) is 6.75. The number of carbonyl (C=O) groups excluding carboxylic acids is 1. The second-order valence-corrected chi connectivity index (χ2v) is 4.54. The van der Waals surface area contributed by atoms with Gasteiger partial charge in [-0.3, -0.25) is 4.79 Å². The van der Waals surface area contributed by atoms with Gasteiger partial charge in [-0.25, -0.2) is 20.0 Å². The van der Waals surface area contributed by atoms with E-state index in [0.29, 0.717) is 17.0 Å². The van der Waals surface area contributed by atoms with Crippen LogP contribution in [-0.2, 0) is 4.79 Å². The van der Waals surface area contributed by atoms with Crippen molar-refractivity contribution in [2.24, 2.45) is 15.7 Å². The first-order valence-corrected chi connectivity index (χ1v) is 6.75. The maximum absolute atomic E-state index is 12.4. The van der Waals surface area contributed by atoms with Gasteiger partial charge in [0.1, 0.15) is 6.33 Å². The Hall–Kier alpha value is -3.35. The summed E-state index contributed by atoms with van der Waals surface area (Å²) >= 11 is 0. The fraction of sp³-hybridized carbons (Fsp3) is 0.0625. The molecule has 0 fully saturated rings. The van der Waals surface area contributed by atoms with Gasteiger partial charge < -0.3 is 11.1 Å². The molecule has 1 aromatic heterocycles. The van der Waals surface area contributed by atoms with E-state index in [9.17, 15) is 4.79 Å². The number of hydrogen-bond donors (Lipinski definition) is 2. The van der Waals surface area contributed by atoms with Gasteiger partial charge in [0.25, 0.3) is 5.91 Å². The molecule has 1 heterocycles. The highest BCUT2D eigenvalue weighted by Gasteiger charge is 2.14. The summed E-state index contributed by atoms with van der Waals surface area (Å²) in [5, 5.41) is 2.71. The Morgan fingerprint density at radius 2 is 1.87 bits per heavy atom. The molecule has 0 aliphatic rings. The minimum Gasteiger partial charge on any atom is -0.382 e. The molecule has 0 aliphatic carbocycles. The van der Waals surface area contributed by atoms with Crippen molar-refractivity contribution in [3.8, 4) is 0 Å². The number of rotatable bonds is 5. The van der Waals surface area contributed by atoms with E-state index < -0.39 is 5.91 Å². The highest BCUT2D eigenvalue weighted by atomic mass is 16.2. The second kappa shape index (κ2) is 7.60. The molecule has 0 aliphatic heterocycles. The molecule has 0 saturated carbocycles. The number of hydrogen-bond acceptors (Lipinski definition) is 6. The predicted molar refractivity (Wildman–Crippen MR) is 90.1 cm³/mol. The lowest BCUT2D eigenvalue weighted by Gasteiger charge is -2.08. The summed E-state index contributed by atoms with van der Waals surface area (Å²) in [6.07, 6.45) is 4.60. The smallest absolute Gasteiger partial charge is 0.278 e. The second-order valence-electron chi connectivity index (χ2n) is 4.54. The largest absolute Gasteiger partial charge is 0.382 e. The summed E-state index contributed by atoms with van der Waals surface area (Å²) in [5.41, 5.74) is 7.57. The van der Waals surface area contributed by atoms with E-state index in [1.807, 2.05) is 18.2 Å². The van der Waals surface area contributed by atoms with E-state index in [2.05, 4.69) is 32.0 Å². The maximum atomic E-state index is 12.4. The number of para-hydroxylation sites is 1. The molecule has 0 bridgehead atoms. The molecule has 0 spiro atoms. The van der Waals surface area contributed by atoms with Crippen molar-refractivity contribution in [1.29, 1.82) is 0 Å². The molecular formula is C16H16N6O. The molecule has 0 radical (unpaired) electrons. The Bertz CT molecular complexity index is 753. The third-order valence-electron chi connectivity index (χ3n) is 2.92. The van der Waals surface area contributed by atoms with Crippen LogP contribution in [0.1, 0.15) is 12.5 Å². The molecule has 1 amide bonds. The van der Waals surface area contributed by atoms with Crippen LogP contribution in [0.2, 0.25) is 0 Å². The first-order chi connectivity index (χ1) is 11.1. The Labute approximate surface area is 133 Å². The minimum atomic E-state index is -0.475. The molecule has 2 aromatic rings. The fourth-order valence-corrected chi connectivity index (χ4v) is 1.73. The SMILES string of the molecule is C=N/C(N)=C(\N=C(/C)c1cncnc1)C(=O)Nc1ccccc1. The Morgan fingerprint density at radius 1 is 1.22 bits per heavy atom. The van der Waals surface area contributed by atoms with Crippen molar-refractivity contribution in [2.45, 2.75) is 6.92 Å². The van der Waals surface area contributed by atoms with Crippen LogP contribution in [0.25, 0.3) is 0 Å². The zero-order valence-electron chi connectivity index (χ0n) is 12.6. The highest BCUT2D eigenvalue weighted by Crippen LogP contribution is 2.12.